The van der Waals surface area contributed by atoms with Gasteiger partial charge in [0.25, 0.3) is 23.1 Å². The van der Waals surface area contributed by atoms with Crippen LogP contribution in [0.25, 0.3) is 5.69 Å². The van der Waals surface area contributed by atoms with E-state index in [9.17, 15) is 29.3 Å². The highest BCUT2D eigenvalue weighted by atomic mass is 35.5. The van der Waals surface area contributed by atoms with E-state index in [1.807, 2.05) is 6.07 Å². The highest BCUT2D eigenvalue weighted by molar-refractivity contribution is 6.32. The highest BCUT2D eigenvalue weighted by Gasteiger charge is 2.24. The molecular formula is C23H22ClN5O7. The molecule has 2 N–H and O–H groups in total. The van der Waals surface area contributed by atoms with Crippen LogP contribution in [0, 0.1) is 17.0 Å². The van der Waals surface area contributed by atoms with Gasteiger partial charge >= 0.3 is 5.97 Å². The number of esters is 1. The van der Waals surface area contributed by atoms with Crippen LogP contribution in [0.15, 0.2) is 53.3 Å². The normalized spacial score (nSPS) is 11.4. The molecule has 1 aromatic heterocycles. The van der Waals surface area contributed by atoms with Gasteiger partial charge in [0.1, 0.15) is 17.3 Å². The molecule has 0 aliphatic rings. The number of nitro groups is 1. The summed E-state index contributed by atoms with van der Waals surface area (Å²) >= 11 is 5.72. The molecule has 0 saturated carbocycles. The molecule has 3 aromatic rings. The predicted octanol–water partition coefficient (Wildman–Crippen LogP) is 2.35. The molecule has 1 atom stereocenters. The largest absolute Gasteiger partial charge is 0.451 e. The summed E-state index contributed by atoms with van der Waals surface area (Å²) in [5, 5.41) is 15.6. The van der Waals surface area contributed by atoms with Crippen LogP contribution in [0.2, 0.25) is 5.02 Å². The third kappa shape index (κ3) is 5.61. The molecule has 0 saturated heterocycles. The number of ether oxygens (including phenoxy) is 1. The molecule has 1 unspecified atom stereocenters. The zero-order chi connectivity index (χ0) is 26.6. The lowest BCUT2D eigenvalue weighted by Crippen LogP contribution is -2.36. The molecule has 12 nitrogen and oxygen atoms in total. The zero-order valence-electron chi connectivity index (χ0n) is 19.5. The van der Waals surface area contributed by atoms with Crippen LogP contribution in [0.5, 0.6) is 0 Å². The number of rotatable bonds is 8. The number of nitro benzene ring substituents is 1. The number of hydrogen-bond donors (Lipinski definition) is 2. The molecule has 0 radical (unpaired) electrons. The predicted molar refractivity (Wildman–Crippen MR) is 130 cm³/mol. The Hall–Kier alpha value is -4.45. The Bertz CT molecular complexity index is 1400. The van der Waals surface area contributed by atoms with E-state index in [1.165, 1.54) is 23.7 Å². The Balaban J connectivity index is 1.61. The van der Waals surface area contributed by atoms with Gasteiger partial charge in [0.05, 0.1) is 16.3 Å². The minimum atomic E-state index is -1.28. The molecule has 1 heterocycles. The number of halogens is 1. The van der Waals surface area contributed by atoms with Gasteiger partial charge in [-0.15, -0.1) is 0 Å². The minimum absolute atomic E-state index is 0.0342. The smallest absolute Gasteiger partial charge is 0.326 e. The number of carbonyl (C=O) groups excluding carboxylic acids is 3. The van der Waals surface area contributed by atoms with Crippen molar-refractivity contribution >= 4 is 40.8 Å². The molecular weight excluding hydrogens is 494 g/mol. The number of nitrogens with zero attached hydrogens (tertiary/aromatic N) is 3. The van der Waals surface area contributed by atoms with Gasteiger partial charge in [-0.3, -0.25) is 34.0 Å². The highest BCUT2D eigenvalue weighted by Crippen LogP contribution is 2.25. The van der Waals surface area contributed by atoms with E-state index in [4.69, 9.17) is 16.3 Å². The van der Waals surface area contributed by atoms with E-state index in [1.54, 1.807) is 42.9 Å². The fourth-order valence-corrected chi connectivity index (χ4v) is 3.46. The van der Waals surface area contributed by atoms with Crippen LogP contribution in [0.4, 0.5) is 11.4 Å². The van der Waals surface area contributed by atoms with Gasteiger partial charge in [0.2, 0.25) is 0 Å². The van der Waals surface area contributed by atoms with E-state index in [2.05, 4.69) is 10.6 Å². The summed E-state index contributed by atoms with van der Waals surface area (Å²) in [6, 6.07) is 12.3. The average Bonchev–Trinajstić information content (AvgIpc) is 3.05. The lowest BCUT2D eigenvalue weighted by molar-refractivity contribution is -0.384. The quantitative estimate of drug-likeness (QED) is 0.265. The third-order valence-corrected chi connectivity index (χ3v) is 5.60. The Morgan fingerprint density at radius 3 is 2.47 bits per heavy atom. The first-order chi connectivity index (χ1) is 17.0. The molecule has 0 bridgehead atoms. The molecule has 188 valence electrons. The maximum Gasteiger partial charge on any atom is 0.326 e. The Kier molecular flexibility index (Phi) is 7.90. The third-order valence-electron chi connectivity index (χ3n) is 5.28. The molecule has 0 aliphatic heterocycles. The van der Waals surface area contributed by atoms with Crippen molar-refractivity contribution in [2.45, 2.75) is 20.0 Å². The van der Waals surface area contributed by atoms with E-state index in [0.29, 0.717) is 11.4 Å². The second-order valence-corrected chi connectivity index (χ2v) is 8.07. The topological polar surface area (TPSA) is 155 Å². The van der Waals surface area contributed by atoms with E-state index in [0.717, 1.165) is 6.07 Å². The van der Waals surface area contributed by atoms with E-state index < -0.39 is 46.6 Å². The maximum atomic E-state index is 12.9. The molecule has 3 rings (SSSR count). The minimum Gasteiger partial charge on any atom is -0.451 e. The van der Waals surface area contributed by atoms with Crippen molar-refractivity contribution < 1.29 is 24.0 Å². The number of carbonyl (C=O) groups is 3. The summed E-state index contributed by atoms with van der Waals surface area (Å²) in [6.07, 6.45) is -1.28. The fourth-order valence-electron chi connectivity index (χ4n) is 3.28. The molecule has 0 fully saturated rings. The standard InChI is InChI=1S/C23H22ClN5O7/c1-13-20(23(33)28(27(13)3)16-7-5-4-6-8-16)26-21(31)14(2)36-19(30)12-25-22(32)15-9-10-17(24)18(11-15)29(34)35/h4-11,14H,12H2,1-3H3,(H,25,32)(H,26,31). The number of amides is 2. The van der Waals surface area contributed by atoms with Crippen molar-refractivity contribution in [3.8, 4) is 5.69 Å². The number of para-hydroxylation sites is 1. The van der Waals surface area contributed by atoms with Crippen LogP contribution >= 0.6 is 11.6 Å². The molecule has 36 heavy (non-hydrogen) atoms. The molecule has 0 spiro atoms. The number of nitrogens with one attached hydrogen (secondary N) is 2. The maximum absolute atomic E-state index is 12.9. The second kappa shape index (κ2) is 10.9. The van der Waals surface area contributed by atoms with Crippen molar-refractivity contribution in [2.75, 3.05) is 11.9 Å². The van der Waals surface area contributed by atoms with E-state index in [-0.39, 0.29) is 16.3 Å². The Morgan fingerprint density at radius 2 is 1.83 bits per heavy atom. The number of aromatic nitrogens is 2. The van der Waals surface area contributed by atoms with Gasteiger partial charge in [-0.2, -0.15) is 0 Å². The lowest BCUT2D eigenvalue weighted by Gasteiger charge is -2.13. The lowest BCUT2D eigenvalue weighted by atomic mass is 10.2. The molecule has 2 aromatic carbocycles. The van der Waals surface area contributed by atoms with Crippen molar-refractivity contribution in [2.24, 2.45) is 7.05 Å². The first kappa shape index (κ1) is 26.2. The van der Waals surface area contributed by atoms with Gasteiger partial charge in [0, 0.05) is 18.7 Å². The van der Waals surface area contributed by atoms with Crippen LogP contribution in [-0.2, 0) is 21.4 Å². The summed E-state index contributed by atoms with van der Waals surface area (Å²) in [7, 11) is 1.67. The van der Waals surface area contributed by atoms with Gasteiger partial charge < -0.3 is 15.4 Å². The van der Waals surface area contributed by atoms with E-state index >= 15 is 0 Å². The molecule has 2 amide bonds. The number of benzene rings is 2. The van der Waals surface area contributed by atoms with Gasteiger partial charge in [-0.25, -0.2) is 4.68 Å². The summed E-state index contributed by atoms with van der Waals surface area (Å²) < 4.78 is 8.01. The SMILES string of the molecule is Cc1c(NC(=O)C(C)OC(=O)CNC(=O)c2ccc(Cl)c([N+](=O)[O-])c2)c(=O)n(-c2ccccc2)n1C. The van der Waals surface area contributed by atoms with Crippen molar-refractivity contribution in [3.05, 3.63) is 85.3 Å². The van der Waals surface area contributed by atoms with Gasteiger partial charge in [0.15, 0.2) is 6.10 Å². The van der Waals surface area contributed by atoms with Crippen LogP contribution < -0.4 is 16.2 Å². The van der Waals surface area contributed by atoms with Gasteiger partial charge in [-0.1, -0.05) is 29.8 Å². The molecule has 0 aliphatic carbocycles. The Morgan fingerprint density at radius 1 is 1.17 bits per heavy atom. The van der Waals surface area contributed by atoms with Crippen LogP contribution in [0.3, 0.4) is 0 Å². The van der Waals surface area contributed by atoms with Gasteiger partial charge in [-0.05, 0) is 38.1 Å². The van der Waals surface area contributed by atoms with Crippen LogP contribution in [-0.4, -0.2) is 44.7 Å². The molecule has 13 heteroatoms. The van der Waals surface area contributed by atoms with Crippen LogP contribution in [0.1, 0.15) is 23.0 Å². The summed E-state index contributed by atoms with van der Waals surface area (Å²) in [4.78, 5) is 60.1. The van der Waals surface area contributed by atoms with Crippen molar-refractivity contribution in [1.29, 1.82) is 0 Å². The van der Waals surface area contributed by atoms with Crippen molar-refractivity contribution in [1.82, 2.24) is 14.7 Å². The number of hydrogen-bond acceptors (Lipinski definition) is 7. The average molecular weight is 516 g/mol. The summed E-state index contributed by atoms with van der Waals surface area (Å²) in [5.74, 6) is -2.44. The first-order valence-electron chi connectivity index (χ1n) is 10.6. The van der Waals surface area contributed by atoms with Crippen molar-refractivity contribution in [3.63, 3.8) is 0 Å². The second-order valence-electron chi connectivity index (χ2n) is 7.66. The monoisotopic (exact) mass is 515 g/mol. The first-order valence-corrected chi connectivity index (χ1v) is 11.0. The summed E-state index contributed by atoms with van der Waals surface area (Å²) in [6.45, 7) is 2.37. The number of anilines is 1. The zero-order valence-corrected chi connectivity index (χ0v) is 20.2. The fraction of sp³-hybridized carbons (Fsp3) is 0.217. The Labute approximate surface area is 209 Å². The summed E-state index contributed by atoms with van der Waals surface area (Å²) in [5.41, 5.74) is 0.123.